The van der Waals surface area contributed by atoms with Crippen LogP contribution in [0.5, 0.6) is 0 Å². The van der Waals surface area contributed by atoms with Gasteiger partial charge in [-0.1, -0.05) is 18.2 Å². The molecule has 0 radical (unpaired) electrons. The Morgan fingerprint density at radius 2 is 1.60 bits per heavy atom. The lowest BCUT2D eigenvalue weighted by atomic mass is 10.2. The second-order valence-corrected chi connectivity index (χ2v) is 5.01. The van der Waals surface area contributed by atoms with Crippen molar-refractivity contribution in [3.05, 3.63) is 47.4 Å². The van der Waals surface area contributed by atoms with Gasteiger partial charge in [0.1, 0.15) is 7.05 Å². The molecule has 0 amide bonds. The molecule has 0 saturated carbocycles. The van der Waals surface area contributed by atoms with Gasteiger partial charge in [0, 0.05) is 5.56 Å². The molecule has 0 aliphatic heterocycles. The van der Waals surface area contributed by atoms with E-state index in [1.54, 1.807) is 18.3 Å². The number of aliphatic hydroxyl groups is 1. The fourth-order valence-corrected chi connectivity index (χ4v) is 1.52. The summed E-state index contributed by atoms with van der Waals surface area (Å²) < 4.78 is 45.6. The molecule has 138 valence electrons. The number of aliphatic hydroxyl groups excluding tert-OH is 1. The Balaban J connectivity index is 0.00000101. The Hall–Kier alpha value is -2.79. The lowest BCUT2D eigenvalue weighted by molar-refractivity contribution is -0.436. The number of ether oxygens (including phenoxy) is 2. The largest absolute Gasteiger partial charge is 0.722 e. The third kappa shape index (κ3) is 9.17. The summed E-state index contributed by atoms with van der Waals surface area (Å²) in [5.41, 5.74) is 0.484. The van der Waals surface area contributed by atoms with Gasteiger partial charge in [0.15, 0.2) is 6.21 Å². The summed E-state index contributed by atoms with van der Waals surface area (Å²) in [7, 11) is -1.64. The van der Waals surface area contributed by atoms with E-state index in [0.717, 1.165) is 19.8 Å². The number of hydrogen-bond donors (Lipinski definition) is 1. The van der Waals surface area contributed by atoms with Crippen LogP contribution in [0.15, 0.2) is 41.8 Å². The fraction of sp³-hybridized carbons (Fsp3) is 0.214. The highest BCUT2D eigenvalue weighted by molar-refractivity contribution is 7.80. The highest BCUT2D eigenvalue weighted by atomic mass is 32.3. The minimum atomic E-state index is -5.42. The summed E-state index contributed by atoms with van der Waals surface area (Å²) in [6.45, 7) is 0. The number of halogens is 1. The van der Waals surface area contributed by atoms with Crippen LogP contribution in [-0.2, 0) is 29.6 Å². The highest BCUT2D eigenvalue weighted by Crippen LogP contribution is 2.07. The van der Waals surface area contributed by atoms with Crippen LogP contribution in [0.1, 0.15) is 5.56 Å². The molecular weight excluding hydrogens is 361 g/mol. The van der Waals surface area contributed by atoms with E-state index in [-0.39, 0.29) is 5.70 Å². The van der Waals surface area contributed by atoms with Gasteiger partial charge in [-0.2, -0.15) is 4.58 Å². The van der Waals surface area contributed by atoms with Crippen molar-refractivity contribution in [2.24, 2.45) is 0 Å². The van der Waals surface area contributed by atoms with E-state index in [9.17, 15) is 18.6 Å². The highest BCUT2D eigenvalue weighted by Gasteiger charge is 2.30. The topological polar surface area (TPSA) is 133 Å². The molecule has 25 heavy (non-hydrogen) atoms. The molecule has 0 bridgehead atoms. The lowest BCUT2D eigenvalue weighted by Crippen LogP contribution is -2.23. The standard InChI is InChI=1S/C14H15NO5.FHO3S/c1-15(9-10-7-5-4-6-8-10)11(13(17)19-2)12(16)14(18)20-3;1-5(2,3)4/h4-9H,1-3H3;(H,2,3,4). The van der Waals surface area contributed by atoms with Gasteiger partial charge >= 0.3 is 17.6 Å². The van der Waals surface area contributed by atoms with Crippen LogP contribution in [0, 0.1) is 0 Å². The van der Waals surface area contributed by atoms with Crippen molar-refractivity contribution >= 4 is 28.7 Å². The predicted molar refractivity (Wildman–Crippen MR) is 82.3 cm³/mol. The first-order valence-corrected chi connectivity index (χ1v) is 7.70. The van der Waals surface area contributed by atoms with Crippen molar-refractivity contribution in [2.45, 2.75) is 0 Å². The van der Waals surface area contributed by atoms with Gasteiger partial charge in [0.25, 0.3) is 16.3 Å². The summed E-state index contributed by atoms with van der Waals surface area (Å²) >= 11 is 0. The van der Waals surface area contributed by atoms with Crippen LogP contribution >= 0.6 is 0 Å². The molecule has 0 aliphatic rings. The predicted octanol–water partition coefficient (Wildman–Crippen LogP) is 0.279. The maximum absolute atomic E-state index is 11.7. The molecule has 0 unspecified atom stereocenters. The molecule has 0 heterocycles. The number of carbonyl (C=O) groups is 2. The van der Waals surface area contributed by atoms with Crippen LogP contribution in [0.4, 0.5) is 3.89 Å². The number of benzene rings is 1. The van der Waals surface area contributed by atoms with Gasteiger partial charge in [-0.25, -0.2) is 18.0 Å². The second kappa shape index (κ2) is 10.2. The number of hydrogen-bond acceptors (Lipinski definition) is 8. The van der Waals surface area contributed by atoms with Crippen molar-refractivity contribution in [1.29, 1.82) is 0 Å². The van der Waals surface area contributed by atoms with E-state index in [0.29, 0.717) is 0 Å². The number of carbonyl (C=O) groups excluding carboxylic acids is 2. The van der Waals surface area contributed by atoms with Crippen molar-refractivity contribution in [2.75, 3.05) is 21.3 Å². The van der Waals surface area contributed by atoms with Crippen molar-refractivity contribution in [1.82, 2.24) is 0 Å². The SMILES string of the molecule is COC(=O)/C(O)=C(\C(=O)OC)[N+](C)=Cc1ccccc1.O=S(=O)([O-])F. The van der Waals surface area contributed by atoms with Crippen LogP contribution in [-0.4, -0.2) is 62.1 Å². The molecule has 1 N–H and O–H groups in total. The van der Waals surface area contributed by atoms with E-state index >= 15 is 0 Å². The summed E-state index contributed by atoms with van der Waals surface area (Å²) in [5.74, 6) is -2.67. The molecule has 0 aromatic heterocycles. The minimum Gasteiger partial charge on any atom is -0.722 e. The van der Waals surface area contributed by atoms with Gasteiger partial charge < -0.3 is 19.1 Å². The molecule has 0 fully saturated rings. The zero-order chi connectivity index (χ0) is 19.6. The molecule has 11 heteroatoms. The van der Waals surface area contributed by atoms with E-state index in [1.807, 2.05) is 18.2 Å². The number of rotatable bonds is 4. The van der Waals surface area contributed by atoms with Crippen LogP contribution in [0.2, 0.25) is 0 Å². The maximum atomic E-state index is 11.7. The van der Waals surface area contributed by atoms with Gasteiger partial charge in [0.2, 0.25) is 0 Å². The third-order valence-corrected chi connectivity index (χ3v) is 2.48. The first-order valence-electron chi connectivity index (χ1n) is 6.39. The molecule has 0 aliphatic carbocycles. The first-order chi connectivity index (χ1) is 11.5. The van der Waals surface area contributed by atoms with Gasteiger partial charge in [0.05, 0.1) is 14.2 Å². The number of likely N-dealkylation sites (N-methyl/N-ethyl adjacent to an activating group) is 1. The molecular formula is C14H16FNO8S. The number of nitrogens with zero attached hydrogens (tertiary/aromatic N) is 1. The average molecular weight is 377 g/mol. The summed E-state index contributed by atoms with van der Waals surface area (Å²) in [6, 6.07) is 9.10. The zero-order valence-electron chi connectivity index (χ0n) is 13.5. The van der Waals surface area contributed by atoms with E-state index in [1.165, 1.54) is 11.6 Å². The molecule has 0 spiro atoms. The Morgan fingerprint density at radius 1 is 1.16 bits per heavy atom. The van der Waals surface area contributed by atoms with Crippen molar-refractivity contribution in [3.8, 4) is 0 Å². The zero-order valence-corrected chi connectivity index (χ0v) is 14.3. The second-order valence-electron chi connectivity index (χ2n) is 4.22. The maximum Gasteiger partial charge on any atom is 0.407 e. The number of esters is 2. The summed E-state index contributed by atoms with van der Waals surface area (Å²) in [4.78, 5) is 23.0. The van der Waals surface area contributed by atoms with Crippen LogP contribution < -0.4 is 0 Å². The smallest absolute Gasteiger partial charge is 0.407 e. The van der Waals surface area contributed by atoms with Gasteiger partial charge in [-0.3, -0.25) is 0 Å². The van der Waals surface area contributed by atoms with Crippen molar-refractivity contribution < 1.29 is 45.6 Å². The summed E-state index contributed by atoms with van der Waals surface area (Å²) in [6.07, 6.45) is 1.57. The Bertz CT molecular complexity index is 763. The molecule has 1 aromatic carbocycles. The molecule has 9 nitrogen and oxygen atoms in total. The molecule has 1 rings (SSSR count). The number of methoxy groups -OCH3 is 2. The molecule has 0 atom stereocenters. The lowest BCUT2D eigenvalue weighted by Gasteiger charge is -2.03. The quantitative estimate of drug-likeness (QED) is 0.150. The summed E-state index contributed by atoms with van der Waals surface area (Å²) in [5, 5.41) is 9.77. The normalized spacial score (nSPS) is 12.3. The Kier molecular flexibility index (Phi) is 9.02. The Labute approximate surface area is 143 Å². The van der Waals surface area contributed by atoms with Crippen molar-refractivity contribution in [3.63, 3.8) is 0 Å². The minimum absolute atomic E-state index is 0.303. The average Bonchev–Trinajstić information content (AvgIpc) is 2.53. The van der Waals surface area contributed by atoms with E-state index in [4.69, 9.17) is 13.0 Å². The van der Waals surface area contributed by atoms with Gasteiger partial charge in [-0.05, 0) is 12.1 Å². The Morgan fingerprint density at radius 3 is 2.00 bits per heavy atom. The van der Waals surface area contributed by atoms with E-state index in [2.05, 4.69) is 9.47 Å². The molecule has 0 saturated heterocycles. The first kappa shape index (κ1) is 22.2. The molecule has 1 aromatic rings. The fourth-order valence-electron chi connectivity index (χ4n) is 1.52. The van der Waals surface area contributed by atoms with Crippen LogP contribution in [0.3, 0.4) is 0 Å². The van der Waals surface area contributed by atoms with Crippen LogP contribution in [0.25, 0.3) is 0 Å². The third-order valence-electron chi connectivity index (χ3n) is 2.48. The van der Waals surface area contributed by atoms with E-state index < -0.39 is 28.2 Å². The van der Waals surface area contributed by atoms with Gasteiger partial charge in [-0.15, -0.1) is 3.89 Å². The monoisotopic (exact) mass is 377 g/mol.